The minimum Gasteiger partial charge on any atom is -0.482 e. The average Bonchev–Trinajstić information content (AvgIpc) is 2.82. The van der Waals surface area contributed by atoms with E-state index in [1.54, 1.807) is 12.3 Å². The number of hydrogen-bond acceptors (Lipinski definition) is 5. The number of fused-ring (bicyclic) bond motifs is 1. The molecule has 2 heterocycles. The van der Waals surface area contributed by atoms with E-state index in [9.17, 15) is 0 Å². The van der Waals surface area contributed by atoms with Crippen molar-refractivity contribution in [2.75, 3.05) is 5.43 Å². The number of hydrogen-bond donors (Lipinski definition) is 2. The number of anilines is 1. The Morgan fingerprint density at radius 3 is 3.00 bits per heavy atom. The van der Waals surface area contributed by atoms with Crippen molar-refractivity contribution in [1.29, 1.82) is 0 Å². The van der Waals surface area contributed by atoms with Crippen LogP contribution in [0.1, 0.15) is 17.5 Å². The number of ether oxygens (including phenoxy) is 1. The van der Waals surface area contributed by atoms with Gasteiger partial charge >= 0.3 is 0 Å². The van der Waals surface area contributed by atoms with Crippen molar-refractivity contribution >= 4 is 5.82 Å². The van der Waals surface area contributed by atoms with Gasteiger partial charge in [0.1, 0.15) is 11.6 Å². The van der Waals surface area contributed by atoms with Crippen molar-refractivity contribution in [3.05, 3.63) is 47.9 Å². The van der Waals surface area contributed by atoms with Crippen LogP contribution < -0.4 is 16.0 Å². The zero-order chi connectivity index (χ0) is 11.7. The summed E-state index contributed by atoms with van der Waals surface area (Å²) in [6.45, 7) is 0. The van der Waals surface area contributed by atoms with Crippen LogP contribution in [0.3, 0.4) is 0 Å². The van der Waals surface area contributed by atoms with Crippen LogP contribution in [0, 0.1) is 0 Å². The Bertz CT molecular complexity index is 519. The predicted molar refractivity (Wildman–Crippen MR) is 63.4 cm³/mol. The topological polar surface area (TPSA) is 73.1 Å². The summed E-state index contributed by atoms with van der Waals surface area (Å²) < 4.78 is 5.80. The summed E-state index contributed by atoms with van der Waals surface area (Å²) in [4.78, 5) is 8.50. The highest BCUT2D eigenvalue weighted by Gasteiger charge is 2.26. The summed E-state index contributed by atoms with van der Waals surface area (Å²) in [5.74, 6) is 7.47. The molecule has 5 heteroatoms. The van der Waals surface area contributed by atoms with Crippen LogP contribution in [0.5, 0.6) is 5.75 Å². The molecule has 2 aromatic rings. The largest absolute Gasteiger partial charge is 0.482 e. The molecule has 0 bridgehead atoms. The Labute approximate surface area is 98.6 Å². The summed E-state index contributed by atoms with van der Waals surface area (Å²) in [6, 6.07) is 9.69. The van der Waals surface area contributed by atoms with Crippen molar-refractivity contribution in [1.82, 2.24) is 9.97 Å². The lowest BCUT2D eigenvalue weighted by Crippen LogP contribution is -2.13. The summed E-state index contributed by atoms with van der Waals surface area (Å²) in [6.07, 6.45) is 2.34. The molecule has 0 radical (unpaired) electrons. The van der Waals surface area contributed by atoms with E-state index in [2.05, 4.69) is 21.5 Å². The van der Waals surface area contributed by atoms with Crippen molar-refractivity contribution in [2.45, 2.75) is 12.5 Å². The van der Waals surface area contributed by atoms with Crippen LogP contribution in [-0.2, 0) is 6.42 Å². The molecule has 0 amide bonds. The molecule has 0 saturated carbocycles. The van der Waals surface area contributed by atoms with E-state index in [1.165, 1.54) is 5.56 Å². The molecule has 0 spiro atoms. The van der Waals surface area contributed by atoms with Gasteiger partial charge in [-0.25, -0.2) is 15.8 Å². The van der Waals surface area contributed by atoms with E-state index in [-0.39, 0.29) is 6.10 Å². The molecule has 0 aliphatic carbocycles. The fraction of sp³-hybridized carbons (Fsp3) is 0.167. The molecule has 1 aromatic heterocycles. The smallest absolute Gasteiger partial charge is 0.171 e. The van der Waals surface area contributed by atoms with Crippen LogP contribution in [-0.4, -0.2) is 9.97 Å². The van der Waals surface area contributed by atoms with Gasteiger partial charge in [0.05, 0.1) is 0 Å². The number of aromatic nitrogens is 2. The third-order valence-corrected chi connectivity index (χ3v) is 2.76. The minimum atomic E-state index is -0.124. The maximum absolute atomic E-state index is 5.80. The lowest BCUT2D eigenvalue weighted by molar-refractivity contribution is 0.227. The Morgan fingerprint density at radius 1 is 1.29 bits per heavy atom. The molecule has 1 aliphatic heterocycles. The van der Waals surface area contributed by atoms with Crippen LogP contribution in [0.4, 0.5) is 5.82 Å². The van der Waals surface area contributed by atoms with E-state index >= 15 is 0 Å². The van der Waals surface area contributed by atoms with Crippen molar-refractivity contribution in [2.24, 2.45) is 5.84 Å². The molecule has 1 aromatic carbocycles. The van der Waals surface area contributed by atoms with Crippen LogP contribution in [0.25, 0.3) is 0 Å². The second kappa shape index (κ2) is 4.03. The van der Waals surface area contributed by atoms with Crippen molar-refractivity contribution < 1.29 is 4.74 Å². The zero-order valence-electron chi connectivity index (χ0n) is 9.13. The maximum Gasteiger partial charge on any atom is 0.171 e. The number of para-hydroxylation sites is 1. The van der Waals surface area contributed by atoms with Crippen molar-refractivity contribution in [3.63, 3.8) is 0 Å². The number of nitrogens with two attached hydrogens (primary N) is 1. The second-order valence-electron chi connectivity index (χ2n) is 3.86. The molecule has 0 saturated heterocycles. The second-order valence-corrected chi connectivity index (χ2v) is 3.86. The normalized spacial score (nSPS) is 17.4. The van der Waals surface area contributed by atoms with Gasteiger partial charge in [0, 0.05) is 18.7 Å². The van der Waals surface area contributed by atoms with Gasteiger partial charge in [-0.05, 0) is 11.6 Å². The lowest BCUT2D eigenvalue weighted by atomic mass is 10.1. The third-order valence-electron chi connectivity index (χ3n) is 2.76. The maximum atomic E-state index is 5.80. The first kappa shape index (κ1) is 10.0. The summed E-state index contributed by atoms with van der Waals surface area (Å²) in [7, 11) is 0. The molecule has 0 fully saturated rings. The van der Waals surface area contributed by atoms with Gasteiger partial charge in [0.25, 0.3) is 0 Å². The van der Waals surface area contributed by atoms with Gasteiger partial charge in [-0.1, -0.05) is 18.2 Å². The third kappa shape index (κ3) is 1.81. The van der Waals surface area contributed by atoms with Gasteiger partial charge in [0.15, 0.2) is 11.9 Å². The Hall–Kier alpha value is -2.14. The molecule has 1 aliphatic rings. The zero-order valence-corrected chi connectivity index (χ0v) is 9.13. The first-order chi connectivity index (χ1) is 8.36. The number of nitrogen functional groups attached to an aromatic ring is 1. The first-order valence-corrected chi connectivity index (χ1v) is 5.41. The fourth-order valence-corrected chi connectivity index (χ4v) is 1.94. The van der Waals surface area contributed by atoms with E-state index in [0.717, 1.165) is 12.2 Å². The minimum absolute atomic E-state index is 0.124. The number of benzene rings is 1. The summed E-state index contributed by atoms with van der Waals surface area (Å²) >= 11 is 0. The summed E-state index contributed by atoms with van der Waals surface area (Å²) in [5, 5.41) is 0. The Morgan fingerprint density at radius 2 is 2.18 bits per heavy atom. The van der Waals surface area contributed by atoms with Crippen molar-refractivity contribution in [3.8, 4) is 5.75 Å². The molecule has 17 heavy (non-hydrogen) atoms. The molecule has 86 valence electrons. The number of hydrazine groups is 1. The van der Waals surface area contributed by atoms with Gasteiger partial charge < -0.3 is 10.2 Å². The Balaban J connectivity index is 1.88. The first-order valence-electron chi connectivity index (χ1n) is 5.41. The van der Waals surface area contributed by atoms with Crippen LogP contribution in [0.15, 0.2) is 36.5 Å². The molecular formula is C12H12N4O. The quantitative estimate of drug-likeness (QED) is 0.601. The standard InChI is InChI=1S/C12H12N4O/c13-16-11-5-6-14-12(15-11)10-7-8-3-1-2-4-9(8)17-10/h1-6,10H,7,13H2,(H,14,15,16). The SMILES string of the molecule is NNc1ccnc(C2Cc3ccccc3O2)n1. The van der Waals surface area contributed by atoms with E-state index in [1.807, 2.05) is 18.2 Å². The predicted octanol–water partition coefficient (Wildman–Crippen LogP) is 1.44. The highest BCUT2D eigenvalue weighted by atomic mass is 16.5. The average molecular weight is 228 g/mol. The number of nitrogens with one attached hydrogen (secondary N) is 1. The highest BCUT2D eigenvalue weighted by molar-refractivity contribution is 5.39. The molecule has 1 atom stereocenters. The Kier molecular flexibility index (Phi) is 2.38. The van der Waals surface area contributed by atoms with Crippen LogP contribution >= 0.6 is 0 Å². The molecular weight excluding hydrogens is 216 g/mol. The monoisotopic (exact) mass is 228 g/mol. The van der Waals surface area contributed by atoms with E-state index in [0.29, 0.717) is 11.6 Å². The molecule has 3 rings (SSSR count). The van der Waals surface area contributed by atoms with Gasteiger partial charge in [-0.15, -0.1) is 0 Å². The van der Waals surface area contributed by atoms with E-state index < -0.39 is 0 Å². The lowest BCUT2D eigenvalue weighted by Gasteiger charge is -2.09. The fourth-order valence-electron chi connectivity index (χ4n) is 1.94. The summed E-state index contributed by atoms with van der Waals surface area (Å²) in [5.41, 5.74) is 3.69. The van der Waals surface area contributed by atoms with Gasteiger partial charge in [-0.2, -0.15) is 0 Å². The van der Waals surface area contributed by atoms with Gasteiger partial charge in [-0.3, -0.25) is 0 Å². The van der Waals surface area contributed by atoms with E-state index in [4.69, 9.17) is 10.6 Å². The van der Waals surface area contributed by atoms with Gasteiger partial charge in [0.2, 0.25) is 0 Å². The molecule has 5 nitrogen and oxygen atoms in total. The highest BCUT2D eigenvalue weighted by Crippen LogP contribution is 2.34. The molecule has 3 N–H and O–H groups in total. The number of nitrogens with zero attached hydrogens (tertiary/aromatic N) is 2. The number of rotatable bonds is 2. The molecule has 1 unspecified atom stereocenters. The van der Waals surface area contributed by atoms with Crippen LogP contribution in [0.2, 0.25) is 0 Å².